The standard InChI is InChI=1S/C17H26N2O/c1-13-6-5-11-19(12-13)16(20)18-15-9-7-14(8-10-15)17(2,3)4/h7-10,13H,5-6,11-12H2,1-4H3,(H,18,20). The molecule has 0 saturated carbocycles. The Labute approximate surface area is 122 Å². The largest absolute Gasteiger partial charge is 0.324 e. The molecule has 1 atom stereocenters. The quantitative estimate of drug-likeness (QED) is 0.816. The monoisotopic (exact) mass is 274 g/mol. The second-order valence-corrected chi connectivity index (χ2v) is 6.95. The molecule has 1 N–H and O–H groups in total. The predicted octanol–water partition coefficient (Wildman–Crippen LogP) is 4.25. The number of nitrogens with zero attached hydrogens (tertiary/aromatic N) is 1. The van der Waals surface area contributed by atoms with Crippen LogP contribution in [-0.2, 0) is 5.41 Å². The molecule has 1 saturated heterocycles. The van der Waals surface area contributed by atoms with Gasteiger partial charge in [-0.15, -0.1) is 0 Å². The minimum absolute atomic E-state index is 0.0278. The van der Waals surface area contributed by atoms with Crippen molar-refractivity contribution in [1.29, 1.82) is 0 Å². The molecule has 0 bridgehead atoms. The van der Waals surface area contributed by atoms with Crippen molar-refractivity contribution in [2.24, 2.45) is 5.92 Å². The van der Waals surface area contributed by atoms with Crippen LogP contribution in [0.1, 0.15) is 46.1 Å². The lowest BCUT2D eigenvalue weighted by Crippen LogP contribution is -2.41. The molecule has 1 heterocycles. The maximum absolute atomic E-state index is 12.2. The van der Waals surface area contributed by atoms with E-state index in [4.69, 9.17) is 0 Å². The summed E-state index contributed by atoms with van der Waals surface area (Å²) in [5.74, 6) is 0.609. The highest BCUT2D eigenvalue weighted by molar-refractivity contribution is 5.89. The molecule has 1 aliphatic heterocycles. The molecular formula is C17H26N2O. The van der Waals surface area contributed by atoms with Crippen molar-refractivity contribution in [3.8, 4) is 0 Å². The summed E-state index contributed by atoms with van der Waals surface area (Å²) in [6.07, 6.45) is 2.33. The summed E-state index contributed by atoms with van der Waals surface area (Å²) in [4.78, 5) is 14.1. The molecule has 2 amide bonds. The van der Waals surface area contributed by atoms with E-state index in [1.807, 2.05) is 17.0 Å². The second kappa shape index (κ2) is 5.86. The van der Waals surface area contributed by atoms with Crippen LogP contribution < -0.4 is 5.32 Å². The fraction of sp³-hybridized carbons (Fsp3) is 0.588. The van der Waals surface area contributed by atoms with Gasteiger partial charge in [0.25, 0.3) is 0 Å². The SMILES string of the molecule is CC1CCCN(C(=O)Nc2ccc(C(C)(C)C)cc2)C1. The van der Waals surface area contributed by atoms with Crippen LogP contribution in [0.5, 0.6) is 0 Å². The molecule has 1 unspecified atom stereocenters. The number of piperidine rings is 1. The molecule has 0 aromatic heterocycles. The molecule has 0 radical (unpaired) electrons. The average molecular weight is 274 g/mol. The van der Waals surface area contributed by atoms with Gasteiger partial charge in [-0.05, 0) is 41.9 Å². The Morgan fingerprint density at radius 1 is 1.25 bits per heavy atom. The number of anilines is 1. The number of hydrogen-bond acceptors (Lipinski definition) is 1. The molecule has 1 aliphatic rings. The molecule has 0 spiro atoms. The van der Waals surface area contributed by atoms with Crippen molar-refractivity contribution in [1.82, 2.24) is 4.90 Å². The summed E-state index contributed by atoms with van der Waals surface area (Å²) in [6, 6.07) is 8.20. The zero-order chi connectivity index (χ0) is 14.8. The minimum Gasteiger partial charge on any atom is -0.324 e. The van der Waals surface area contributed by atoms with Gasteiger partial charge < -0.3 is 10.2 Å². The predicted molar refractivity (Wildman–Crippen MR) is 84.1 cm³/mol. The van der Waals surface area contributed by atoms with Crippen molar-refractivity contribution in [2.45, 2.75) is 46.0 Å². The minimum atomic E-state index is 0.0278. The molecule has 0 aliphatic carbocycles. The fourth-order valence-corrected chi connectivity index (χ4v) is 2.63. The highest BCUT2D eigenvalue weighted by Gasteiger charge is 2.21. The van der Waals surface area contributed by atoms with E-state index in [1.165, 1.54) is 12.0 Å². The lowest BCUT2D eigenvalue weighted by molar-refractivity contribution is 0.182. The first kappa shape index (κ1) is 14.9. The highest BCUT2D eigenvalue weighted by atomic mass is 16.2. The number of carbonyl (C=O) groups is 1. The van der Waals surface area contributed by atoms with Crippen LogP contribution in [0.2, 0.25) is 0 Å². The van der Waals surface area contributed by atoms with Crippen LogP contribution in [0.4, 0.5) is 10.5 Å². The normalized spacial score (nSPS) is 19.8. The number of amides is 2. The van der Waals surface area contributed by atoms with Crippen molar-refractivity contribution in [2.75, 3.05) is 18.4 Å². The second-order valence-electron chi connectivity index (χ2n) is 6.95. The summed E-state index contributed by atoms with van der Waals surface area (Å²) in [5, 5.41) is 3.00. The first-order valence-electron chi connectivity index (χ1n) is 7.53. The number of carbonyl (C=O) groups excluding carboxylic acids is 1. The fourth-order valence-electron chi connectivity index (χ4n) is 2.63. The number of benzene rings is 1. The smallest absolute Gasteiger partial charge is 0.321 e. The molecule has 1 fully saturated rings. The third-order valence-corrected chi connectivity index (χ3v) is 3.95. The van der Waals surface area contributed by atoms with Crippen molar-refractivity contribution >= 4 is 11.7 Å². The van der Waals surface area contributed by atoms with Gasteiger partial charge in [0.05, 0.1) is 0 Å². The Balaban J connectivity index is 1.97. The maximum Gasteiger partial charge on any atom is 0.321 e. The van der Waals surface area contributed by atoms with E-state index in [1.54, 1.807) is 0 Å². The lowest BCUT2D eigenvalue weighted by Gasteiger charge is -2.31. The van der Waals surface area contributed by atoms with Crippen LogP contribution >= 0.6 is 0 Å². The van der Waals surface area contributed by atoms with Gasteiger partial charge in [-0.2, -0.15) is 0 Å². The summed E-state index contributed by atoms with van der Waals surface area (Å²) in [5.41, 5.74) is 2.30. The van der Waals surface area contributed by atoms with E-state index in [0.717, 1.165) is 25.2 Å². The number of rotatable bonds is 1. The van der Waals surface area contributed by atoms with Crippen LogP contribution in [0, 0.1) is 5.92 Å². The van der Waals surface area contributed by atoms with Crippen LogP contribution in [0.15, 0.2) is 24.3 Å². The van der Waals surface area contributed by atoms with E-state index >= 15 is 0 Å². The van der Waals surface area contributed by atoms with Gasteiger partial charge in [-0.25, -0.2) is 4.79 Å². The Bertz CT molecular complexity index is 459. The van der Waals surface area contributed by atoms with E-state index in [2.05, 4.69) is 45.1 Å². The summed E-state index contributed by atoms with van der Waals surface area (Å²) in [6.45, 7) is 10.5. The Kier molecular flexibility index (Phi) is 4.36. The molecular weight excluding hydrogens is 248 g/mol. The van der Waals surface area contributed by atoms with E-state index in [-0.39, 0.29) is 11.4 Å². The van der Waals surface area contributed by atoms with Crippen molar-refractivity contribution in [3.63, 3.8) is 0 Å². The van der Waals surface area contributed by atoms with Crippen LogP contribution in [0.3, 0.4) is 0 Å². The zero-order valence-corrected chi connectivity index (χ0v) is 13.1. The molecule has 3 nitrogen and oxygen atoms in total. The third kappa shape index (κ3) is 3.75. The van der Waals surface area contributed by atoms with E-state index in [0.29, 0.717) is 5.92 Å². The Hall–Kier alpha value is -1.51. The summed E-state index contributed by atoms with van der Waals surface area (Å²) >= 11 is 0. The summed E-state index contributed by atoms with van der Waals surface area (Å²) < 4.78 is 0. The molecule has 2 rings (SSSR count). The number of likely N-dealkylation sites (tertiary alicyclic amines) is 1. The summed E-state index contributed by atoms with van der Waals surface area (Å²) in [7, 11) is 0. The topological polar surface area (TPSA) is 32.3 Å². The Morgan fingerprint density at radius 2 is 1.90 bits per heavy atom. The first-order valence-corrected chi connectivity index (χ1v) is 7.53. The van der Waals surface area contributed by atoms with Gasteiger partial charge in [0.2, 0.25) is 0 Å². The van der Waals surface area contributed by atoms with Gasteiger partial charge in [0.1, 0.15) is 0 Å². The molecule has 1 aromatic carbocycles. The number of nitrogens with one attached hydrogen (secondary N) is 1. The lowest BCUT2D eigenvalue weighted by atomic mass is 9.87. The average Bonchev–Trinajstić information content (AvgIpc) is 2.38. The van der Waals surface area contributed by atoms with Crippen molar-refractivity contribution < 1.29 is 4.79 Å². The van der Waals surface area contributed by atoms with E-state index < -0.39 is 0 Å². The highest BCUT2D eigenvalue weighted by Crippen LogP contribution is 2.24. The van der Waals surface area contributed by atoms with Gasteiger partial charge >= 0.3 is 6.03 Å². The van der Waals surface area contributed by atoms with Crippen LogP contribution in [0.25, 0.3) is 0 Å². The Morgan fingerprint density at radius 3 is 2.45 bits per heavy atom. The number of urea groups is 1. The maximum atomic E-state index is 12.2. The van der Waals surface area contributed by atoms with Gasteiger partial charge in [0, 0.05) is 18.8 Å². The van der Waals surface area contributed by atoms with E-state index in [9.17, 15) is 4.79 Å². The molecule has 1 aromatic rings. The number of hydrogen-bond donors (Lipinski definition) is 1. The molecule has 20 heavy (non-hydrogen) atoms. The van der Waals surface area contributed by atoms with Gasteiger partial charge in [-0.3, -0.25) is 0 Å². The third-order valence-electron chi connectivity index (χ3n) is 3.95. The van der Waals surface area contributed by atoms with Gasteiger partial charge in [-0.1, -0.05) is 39.8 Å². The molecule has 110 valence electrons. The van der Waals surface area contributed by atoms with Crippen LogP contribution in [-0.4, -0.2) is 24.0 Å². The van der Waals surface area contributed by atoms with Gasteiger partial charge in [0.15, 0.2) is 0 Å². The zero-order valence-electron chi connectivity index (χ0n) is 13.1. The first-order chi connectivity index (χ1) is 9.36. The molecule has 3 heteroatoms. The van der Waals surface area contributed by atoms with Crippen molar-refractivity contribution in [3.05, 3.63) is 29.8 Å².